The fourth-order valence-corrected chi connectivity index (χ4v) is 1.72. The number of carbonyl (C=O) groups is 1. The van der Waals surface area contributed by atoms with Gasteiger partial charge in [0.15, 0.2) is 0 Å². The number of anilines is 1. The third-order valence-corrected chi connectivity index (χ3v) is 2.93. The maximum absolute atomic E-state index is 12.0. The van der Waals surface area contributed by atoms with Crippen LogP contribution in [0.4, 0.5) is 5.69 Å². The normalized spacial score (nSPS) is 22.6. The van der Waals surface area contributed by atoms with Gasteiger partial charge in [-0.2, -0.15) is 0 Å². The number of rotatable bonds is 3. The molecule has 4 nitrogen and oxygen atoms in total. The highest BCUT2D eigenvalue weighted by Gasteiger charge is 2.34. The topological polar surface area (TPSA) is 64.3 Å². The summed E-state index contributed by atoms with van der Waals surface area (Å²) >= 11 is 0. The monoisotopic (exact) mass is 220 g/mol. The van der Waals surface area contributed by atoms with E-state index in [-0.39, 0.29) is 11.9 Å². The van der Waals surface area contributed by atoms with Crippen molar-refractivity contribution in [1.29, 1.82) is 0 Å². The van der Waals surface area contributed by atoms with E-state index in [0.29, 0.717) is 22.9 Å². The molecule has 1 aromatic carbocycles. The molecule has 0 saturated heterocycles. The molecule has 0 radical (unpaired) electrons. The van der Waals surface area contributed by atoms with Gasteiger partial charge in [-0.25, -0.2) is 0 Å². The molecule has 1 saturated carbocycles. The number of ether oxygens (including phenoxy) is 1. The summed E-state index contributed by atoms with van der Waals surface area (Å²) in [5, 5.41) is 2.94. The summed E-state index contributed by atoms with van der Waals surface area (Å²) in [6, 6.07) is 5.50. The van der Waals surface area contributed by atoms with Gasteiger partial charge in [0.25, 0.3) is 5.91 Å². The first-order valence-electron chi connectivity index (χ1n) is 5.37. The zero-order valence-electron chi connectivity index (χ0n) is 9.49. The van der Waals surface area contributed by atoms with Crippen LogP contribution >= 0.6 is 0 Å². The lowest BCUT2D eigenvalue weighted by molar-refractivity contribution is 0.0947. The number of carbonyl (C=O) groups excluding carboxylic acids is 1. The fourth-order valence-electron chi connectivity index (χ4n) is 1.72. The predicted octanol–water partition coefficient (Wildman–Crippen LogP) is 1.42. The van der Waals surface area contributed by atoms with E-state index in [0.717, 1.165) is 6.42 Å². The molecule has 2 rings (SSSR count). The average molecular weight is 220 g/mol. The molecule has 4 heteroatoms. The Balaban J connectivity index is 2.21. The van der Waals surface area contributed by atoms with Crippen molar-refractivity contribution >= 4 is 11.6 Å². The van der Waals surface area contributed by atoms with Crippen molar-refractivity contribution in [2.45, 2.75) is 19.4 Å². The number of benzene rings is 1. The van der Waals surface area contributed by atoms with Gasteiger partial charge in [0, 0.05) is 11.7 Å². The van der Waals surface area contributed by atoms with Gasteiger partial charge >= 0.3 is 0 Å². The van der Waals surface area contributed by atoms with E-state index in [2.05, 4.69) is 12.2 Å². The fraction of sp³-hybridized carbons (Fsp3) is 0.417. The molecular weight excluding hydrogens is 204 g/mol. The molecule has 2 unspecified atom stereocenters. The lowest BCUT2D eigenvalue weighted by Gasteiger charge is -2.11. The molecule has 0 aromatic heterocycles. The van der Waals surface area contributed by atoms with Crippen molar-refractivity contribution in [1.82, 2.24) is 5.32 Å². The third kappa shape index (κ3) is 1.96. The van der Waals surface area contributed by atoms with E-state index in [1.165, 1.54) is 7.11 Å². The molecule has 1 aliphatic carbocycles. The van der Waals surface area contributed by atoms with Crippen LogP contribution in [-0.4, -0.2) is 19.1 Å². The van der Waals surface area contributed by atoms with Crippen LogP contribution in [0.3, 0.4) is 0 Å². The van der Waals surface area contributed by atoms with Gasteiger partial charge in [-0.15, -0.1) is 0 Å². The van der Waals surface area contributed by atoms with Gasteiger partial charge in [-0.1, -0.05) is 13.0 Å². The summed E-state index contributed by atoms with van der Waals surface area (Å²) < 4.78 is 5.14. The number of nitrogen functional groups attached to an aromatic ring is 1. The Morgan fingerprint density at radius 2 is 2.25 bits per heavy atom. The Morgan fingerprint density at radius 1 is 1.56 bits per heavy atom. The number of methoxy groups -OCH3 is 1. The smallest absolute Gasteiger partial charge is 0.257 e. The van der Waals surface area contributed by atoms with Crippen molar-refractivity contribution in [2.24, 2.45) is 5.92 Å². The minimum atomic E-state index is -0.149. The summed E-state index contributed by atoms with van der Waals surface area (Å²) in [4.78, 5) is 12.0. The Morgan fingerprint density at radius 3 is 2.81 bits per heavy atom. The minimum Gasteiger partial charge on any atom is -0.496 e. The summed E-state index contributed by atoms with van der Waals surface area (Å²) in [7, 11) is 1.53. The zero-order chi connectivity index (χ0) is 11.7. The molecule has 3 N–H and O–H groups in total. The Kier molecular flexibility index (Phi) is 2.73. The number of hydrogen-bond donors (Lipinski definition) is 2. The minimum absolute atomic E-state index is 0.149. The van der Waals surface area contributed by atoms with Gasteiger partial charge in [-0.05, 0) is 24.5 Å². The molecule has 0 heterocycles. The number of nitrogens with two attached hydrogens (primary N) is 1. The SMILES string of the molecule is COc1cccc(N)c1C(=O)NC1CC1C. The van der Waals surface area contributed by atoms with E-state index >= 15 is 0 Å². The Bertz CT molecular complexity index is 417. The maximum atomic E-state index is 12.0. The summed E-state index contributed by atoms with van der Waals surface area (Å²) in [6.07, 6.45) is 1.04. The Hall–Kier alpha value is -1.71. The molecule has 1 aromatic rings. The lowest BCUT2D eigenvalue weighted by atomic mass is 10.1. The van der Waals surface area contributed by atoms with Crippen molar-refractivity contribution in [3.8, 4) is 5.75 Å². The van der Waals surface area contributed by atoms with E-state index < -0.39 is 0 Å². The van der Waals surface area contributed by atoms with Gasteiger partial charge in [0.1, 0.15) is 11.3 Å². The first-order chi connectivity index (χ1) is 7.63. The van der Waals surface area contributed by atoms with Gasteiger partial charge in [0.2, 0.25) is 0 Å². The molecule has 86 valence electrons. The van der Waals surface area contributed by atoms with Gasteiger partial charge in [0.05, 0.1) is 7.11 Å². The third-order valence-electron chi connectivity index (χ3n) is 2.93. The highest BCUT2D eigenvalue weighted by atomic mass is 16.5. The van der Waals surface area contributed by atoms with Crippen LogP contribution in [0.5, 0.6) is 5.75 Å². The van der Waals surface area contributed by atoms with Crippen molar-refractivity contribution in [3.63, 3.8) is 0 Å². The summed E-state index contributed by atoms with van der Waals surface area (Å²) in [5.41, 5.74) is 6.67. The van der Waals surface area contributed by atoms with E-state index in [1.807, 2.05) is 0 Å². The molecular formula is C12H16N2O2. The van der Waals surface area contributed by atoms with Crippen LogP contribution in [0.1, 0.15) is 23.7 Å². The van der Waals surface area contributed by atoms with Crippen LogP contribution < -0.4 is 15.8 Å². The molecule has 1 aliphatic rings. The maximum Gasteiger partial charge on any atom is 0.257 e. The molecule has 1 amide bonds. The number of hydrogen-bond acceptors (Lipinski definition) is 3. The molecule has 16 heavy (non-hydrogen) atoms. The second kappa shape index (κ2) is 4.04. The van der Waals surface area contributed by atoms with Crippen molar-refractivity contribution in [3.05, 3.63) is 23.8 Å². The first-order valence-corrected chi connectivity index (χ1v) is 5.37. The highest BCUT2D eigenvalue weighted by Crippen LogP contribution is 2.31. The van der Waals surface area contributed by atoms with E-state index in [4.69, 9.17) is 10.5 Å². The number of amides is 1. The molecule has 0 bridgehead atoms. The Labute approximate surface area is 94.8 Å². The molecule has 1 fully saturated rings. The second-order valence-corrected chi connectivity index (χ2v) is 4.22. The van der Waals surface area contributed by atoms with Gasteiger partial charge < -0.3 is 15.8 Å². The average Bonchev–Trinajstić information content (AvgIpc) is 2.93. The van der Waals surface area contributed by atoms with E-state index in [1.54, 1.807) is 18.2 Å². The quantitative estimate of drug-likeness (QED) is 0.757. The summed E-state index contributed by atoms with van der Waals surface area (Å²) in [5.74, 6) is 0.940. The van der Waals surface area contributed by atoms with Crippen LogP contribution in [0, 0.1) is 5.92 Å². The molecule has 0 spiro atoms. The van der Waals surface area contributed by atoms with Gasteiger partial charge in [-0.3, -0.25) is 4.79 Å². The first kappa shape index (κ1) is 10.8. The predicted molar refractivity (Wildman–Crippen MR) is 62.4 cm³/mol. The zero-order valence-corrected chi connectivity index (χ0v) is 9.49. The lowest BCUT2D eigenvalue weighted by Crippen LogP contribution is -2.27. The standard InChI is InChI=1S/C12H16N2O2/c1-7-6-9(7)14-12(15)11-8(13)4-3-5-10(11)16-2/h3-5,7,9H,6,13H2,1-2H3,(H,14,15). The molecule has 2 atom stereocenters. The van der Waals surface area contributed by atoms with Crippen LogP contribution in [0.2, 0.25) is 0 Å². The van der Waals surface area contributed by atoms with E-state index in [9.17, 15) is 4.79 Å². The highest BCUT2D eigenvalue weighted by molar-refractivity contribution is 6.02. The summed E-state index contributed by atoms with van der Waals surface area (Å²) in [6.45, 7) is 2.11. The van der Waals surface area contributed by atoms with Crippen LogP contribution in [0.25, 0.3) is 0 Å². The van der Waals surface area contributed by atoms with Crippen molar-refractivity contribution in [2.75, 3.05) is 12.8 Å². The second-order valence-electron chi connectivity index (χ2n) is 4.22. The van der Waals surface area contributed by atoms with Crippen LogP contribution in [0.15, 0.2) is 18.2 Å². The molecule has 0 aliphatic heterocycles. The van der Waals surface area contributed by atoms with Crippen LogP contribution in [-0.2, 0) is 0 Å². The van der Waals surface area contributed by atoms with Crippen molar-refractivity contribution < 1.29 is 9.53 Å². The number of nitrogens with one attached hydrogen (secondary N) is 1. The largest absolute Gasteiger partial charge is 0.496 e.